The van der Waals surface area contributed by atoms with Crippen LogP contribution in [0.25, 0.3) is 10.9 Å². The van der Waals surface area contributed by atoms with E-state index >= 15 is 0 Å². The zero-order valence-corrected chi connectivity index (χ0v) is 11.4. The van der Waals surface area contributed by atoms with Crippen LogP contribution in [0, 0.1) is 0 Å². The summed E-state index contributed by atoms with van der Waals surface area (Å²) in [6, 6.07) is -1.83. The van der Waals surface area contributed by atoms with Gasteiger partial charge in [-0.15, -0.1) is 0 Å². The van der Waals surface area contributed by atoms with Crippen LogP contribution in [-0.4, -0.2) is 45.8 Å². The molecule has 2 aromatic rings. The Hall–Kier alpha value is -1.37. The number of aromatic amines is 1. The third-order valence-electron chi connectivity index (χ3n) is 2.49. The molecule has 0 spiro atoms. The molecule has 0 saturated carbocycles. The number of benzene rings is 1. The van der Waals surface area contributed by atoms with Crippen LogP contribution in [0.4, 0.5) is 0 Å². The number of sulfonamides is 1. The second kappa shape index (κ2) is 5.95. The molecule has 20 heavy (non-hydrogen) atoms. The van der Waals surface area contributed by atoms with Crippen molar-refractivity contribution in [3.8, 4) is 0 Å². The number of aromatic nitrogens is 1. The molecular formula is C14H21N3O2S. The van der Waals surface area contributed by atoms with Gasteiger partial charge in [0.05, 0.1) is 11.2 Å². The van der Waals surface area contributed by atoms with Gasteiger partial charge >= 0.3 is 0 Å². The van der Waals surface area contributed by atoms with E-state index in [1.807, 2.05) is 4.72 Å². The Balaban J connectivity index is 2.81. The van der Waals surface area contributed by atoms with E-state index in [-0.39, 0.29) is 10.4 Å². The fraction of sp³-hybridized carbons (Fsp3) is 0.429. The molecule has 1 aromatic heterocycles. The molecule has 0 radical (unpaired) electrons. The molecule has 1 aromatic carbocycles. The molecule has 0 aliphatic carbocycles. The van der Waals surface area contributed by atoms with E-state index in [2.05, 4.69) is 4.98 Å². The number of likely N-dealkylation sites (N-methyl/N-ethyl adjacent to an activating group) is 1. The van der Waals surface area contributed by atoms with Crippen molar-refractivity contribution in [2.75, 3.05) is 27.5 Å². The molecule has 0 bridgehead atoms. The van der Waals surface area contributed by atoms with Crippen molar-refractivity contribution in [3.63, 3.8) is 0 Å². The van der Waals surface area contributed by atoms with Crippen LogP contribution >= 0.6 is 0 Å². The van der Waals surface area contributed by atoms with Gasteiger partial charge in [0.2, 0.25) is 10.0 Å². The highest BCUT2D eigenvalue weighted by Gasteiger charge is 2.11. The smallest absolute Gasteiger partial charge is 0.215 e. The summed E-state index contributed by atoms with van der Waals surface area (Å²) in [7, 11) is -2.87. The van der Waals surface area contributed by atoms with E-state index in [9.17, 15) is 8.42 Å². The third kappa shape index (κ3) is 3.59. The SMILES string of the molecule is [2H]c1[nH]c2c([2H])c([2H])c(CS(=O)(=O)NC)c([2H])c2c1C([2H])([2H])CN(C([2H])([2H])[2H])C([2H])([2H])[2H]. The van der Waals surface area contributed by atoms with Crippen LogP contribution in [0.3, 0.4) is 0 Å². The fourth-order valence-corrected chi connectivity index (χ4v) is 2.21. The summed E-state index contributed by atoms with van der Waals surface area (Å²) in [5, 5.41) is -0.390. The summed E-state index contributed by atoms with van der Waals surface area (Å²) in [6.45, 7) is -7.63. The van der Waals surface area contributed by atoms with Gasteiger partial charge < -0.3 is 9.88 Å². The van der Waals surface area contributed by atoms with Gasteiger partial charge in [-0.2, -0.15) is 0 Å². The van der Waals surface area contributed by atoms with Crippen molar-refractivity contribution in [2.45, 2.75) is 12.1 Å². The minimum Gasteiger partial charge on any atom is -0.361 e. The first kappa shape index (κ1) is 5.79. The number of hydrogen-bond acceptors (Lipinski definition) is 3. The molecule has 0 amide bonds. The minimum atomic E-state index is -3.98. The number of nitrogens with zero attached hydrogens (tertiary/aromatic N) is 1. The molecule has 0 saturated heterocycles. The lowest BCUT2D eigenvalue weighted by molar-refractivity contribution is 0.414. The lowest BCUT2D eigenvalue weighted by atomic mass is 10.1. The summed E-state index contributed by atoms with van der Waals surface area (Å²) >= 11 is 0. The Bertz CT molecular complexity index is 1120. The molecule has 5 nitrogen and oxygen atoms in total. The standard InChI is InChI=1S/C14H21N3O2S/c1-15-20(18,19)10-11-4-5-14-13(8-11)12(9-16-14)6-7-17(2)3/h4-5,8-9,15-16H,6-7,10H2,1-3H3/i2D3,3D3,4D,5D,6D2,8D,9D. The second-order valence-corrected chi connectivity index (χ2v) is 5.88. The Morgan fingerprint density at radius 1 is 1.50 bits per heavy atom. The molecule has 0 aliphatic rings. The first-order chi connectivity index (χ1) is 14.2. The highest BCUT2D eigenvalue weighted by molar-refractivity contribution is 7.88. The van der Waals surface area contributed by atoms with E-state index in [1.54, 1.807) is 0 Å². The third-order valence-corrected chi connectivity index (χ3v) is 3.78. The van der Waals surface area contributed by atoms with E-state index < -0.39 is 83.5 Å². The average molecular weight is 307 g/mol. The van der Waals surface area contributed by atoms with Gasteiger partial charge in [-0.1, -0.05) is 6.04 Å². The summed E-state index contributed by atoms with van der Waals surface area (Å²) < 4.78 is 120. The number of fused-ring (bicyclic) bond motifs is 1. The summed E-state index contributed by atoms with van der Waals surface area (Å²) in [6.07, 6.45) is -3.47. The summed E-state index contributed by atoms with van der Waals surface area (Å²) in [5.41, 5.74) is -1.31. The quantitative estimate of drug-likeness (QED) is 0.846. The molecule has 1 heterocycles. The van der Waals surface area contributed by atoms with Gasteiger partial charge in [0.25, 0.3) is 0 Å². The maximum Gasteiger partial charge on any atom is 0.215 e. The average Bonchev–Trinajstić information content (AvgIpc) is 2.98. The van der Waals surface area contributed by atoms with Crippen molar-refractivity contribution in [1.29, 1.82) is 0 Å². The molecule has 0 unspecified atom stereocenters. The van der Waals surface area contributed by atoms with E-state index in [1.165, 1.54) is 0 Å². The van der Waals surface area contributed by atoms with Crippen molar-refractivity contribution in [2.24, 2.45) is 0 Å². The van der Waals surface area contributed by atoms with Gasteiger partial charge in [-0.3, -0.25) is 0 Å². The molecule has 0 fully saturated rings. The van der Waals surface area contributed by atoms with Gasteiger partial charge in [0, 0.05) is 34.6 Å². The maximum absolute atomic E-state index is 12.0. The van der Waals surface area contributed by atoms with Crippen molar-refractivity contribution in [3.05, 3.63) is 35.4 Å². The zero-order chi connectivity index (χ0) is 25.0. The first-order valence-corrected chi connectivity index (χ1v) is 7.20. The fourth-order valence-electron chi connectivity index (χ4n) is 1.54. The molecule has 2 N–H and O–H groups in total. The van der Waals surface area contributed by atoms with Crippen LogP contribution in [-0.2, 0) is 22.1 Å². The van der Waals surface area contributed by atoms with Crippen LogP contribution in [0.2, 0.25) is 0 Å². The number of nitrogens with one attached hydrogen (secondary N) is 2. The molecule has 110 valence electrons. The van der Waals surface area contributed by atoms with E-state index in [0.717, 1.165) is 7.05 Å². The molecule has 0 aliphatic heterocycles. The Morgan fingerprint density at radius 2 is 2.30 bits per heavy atom. The monoisotopic (exact) mass is 307 g/mol. The first-order valence-electron chi connectivity index (χ1n) is 11.5. The number of H-pyrrole nitrogens is 1. The molecule has 0 atom stereocenters. The maximum atomic E-state index is 12.0. The van der Waals surface area contributed by atoms with Gasteiger partial charge in [0.15, 0.2) is 0 Å². The normalized spacial score (nSPS) is 23.1. The zero-order valence-electron chi connectivity index (χ0n) is 22.6. The Labute approximate surface area is 136 Å². The second-order valence-electron chi connectivity index (χ2n) is 3.95. The summed E-state index contributed by atoms with van der Waals surface area (Å²) in [5.74, 6) is -0.861. The Kier molecular flexibility index (Phi) is 1.72. The van der Waals surface area contributed by atoms with Crippen LogP contribution in [0.1, 0.15) is 27.6 Å². The lowest BCUT2D eigenvalue weighted by Gasteiger charge is -2.08. The predicted molar refractivity (Wildman–Crippen MR) is 82.2 cm³/mol. The number of hydrogen-bond donors (Lipinski definition) is 2. The van der Waals surface area contributed by atoms with Crippen LogP contribution in [0.5, 0.6) is 0 Å². The highest BCUT2D eigenvalue weighted by Crippen LogP contribution is 2.21. The molecule has 2 rings (SSSR count). The van der Waals surface area contributed by atoms with Crippen molar-refractivity contribution < 1.29 is 24.9 Å². The van der Waals surface area contributed by atoms with Crippen molar-refractivity contribution >= 4 is 20.9 Å². The van der Waals surface area contributed by atoms with E-state index in [4.69, 9.17) is 16.4 Å². The van der Waals surface area contributed by atoms with Crippen LogP contribution < -0.4 is 4.72 Å². The van der Waals surface area contributed by atoms with Gasteiger partial charge in [-0.05, 0) is 50.6 Å². The van der Waals surface area contributed by atoms with Gasteiger partial charge in [0.1, 0.15) is 0 Å². The predicted octanol–water partition coefficient (Wildman–Crippen LogP) is 1.32. The lowest BCUT2D eigenvalue weighted by Crippen LogP contribution is -2.20. The van der Waals surface area contributed by atoms with Crippen molar-refractivity contribution in [1.82, 2.24) is 14.6 Å². The Morgan fingerprint density at radius 3 is 3.00 bits per heavy atom. The largest absolute Gasteiger partial charge is 0.361 e. The van der Waals surface area contributed by atoms with E-state index in [0.29, 0.717) is 0 Å². The minimum absolute atomic E-state index is 0.0330. The topological polar surface area (TPSA) is 65.2 Å². The highest BCUT2D eigenvalue weighted by atomic mass is 32.2. The summed E-state index contributed by atoms with van der Waals surface area (Å²) in [4.78, 5) is 2.34. The molecular weight excluding hydrogens is 274 g/mol. The van der Waals surface area contributed by atoms with Crippen LogP contribution in [0.15, 0.2) is 24.3 Å². The van der Waals surface area contributed by atoms with Gasteiger partial charge in [-0.25, -0.2) is 13.1 Å². The number of rotatable bonds is 6. The molecule has 6 heteroatoms.